The minimum atomic E-state index is -1.65. The Labute approximate surface area is 208 Å². The molecule has 0 aliphatic carbocycles. The fourth-order valence-electron chi connectivity index (χ4n) is 3.89. The topological polar surface area (TPSA) is 94.8 Å². The van der Waals surface area contributed by atoms with Crippen molar-refractivity contribution in [3.63, 3.8) is 0 Å². The highest BCUT2D eigenvalue weighted by Crippen LogP contribution is 2.25. The van der Waals surface area contributed by atoms with Gasteiger partial charge in [0.2, 0.25) is 5.92 Å². The maximum atomic E-state index is 13.2. The molecule has 0 amide bonds. The third kappa shape index (κ3) is 8.89. The summed E-state index contributed by atoms with van der Waals surface area (Å²) in [6, 6.07) is 7.33. The van der Waals surface area contributed by atoms with Gasteiger partial charge in [0.25, 0.3) is 0 Å². The highest BCUT2D eigenvalue weighted by atomic mass is 16.6. The summed E-state index contributed by atoms with van der Waals surface area (Å²) in [6.45, 7) is 11.4. The molecule has 0 saturated carbocycles. The second kappa shape index (κ2) is 13.1. The number of unbranched alkanes of at least 4 members (excludes halogenated alkanes) is 3. The van der Waals surface area contributed by atoms with E-state index in [0.717, 1.165) is 61.2 Å². The molecule has 0 fully saturated rings. The molecule has 7 heteroatoms. The SMILES string of the molecule is CCOC(=O)C(C(=O)OC(C)(C)C)C(=O)c1cc(C)c(NCCCCCCc2ccco2)c(C)c1. The van der Waals surface area contributed by atoms with Crippen molar-refractivity contribution in [2.45, 2.75) is 79.2 Å². The zero-order valence-electron chi connectivity index (χ0n) is 21.9. The molecule has 0 radical (unpaired) electrons. The molecular formula is C28H39NO6. The second-order valence-electron chi connectivity index (χ2n) is 9.74. The number of furan rings is 1. The van der Waals surface area contributed by atoms with Crippen LogP contribution in [0, 0.1) is 19.8 Å². The highest BCUT2D eigenvalue weighted by molar-refractivity contribution is 6.21. The number of Topliss-reactive ketones (excluding diaryl/α,β-unsaturated/α-hetero) is 1. The summed E-state index contributed by atoms with van der Waals surface area (Å²) in [7, 11) is 0. The van der Waals surface area contributed by atoms with Gasteiger partial charge in [-0.1, -0.05) is 12.8 Å². The van der Waals surface area contributed by atoms with Gasteiger partial charge in [0, 0.05) is 24.2 Å². The highest BCUT2D eigenvalue weighted by Gasteiger charge is 2.39. The van der Waals surface area contributed by atoms with Crippen molar-refractivity contribution in [3.8, 4) is 0 Å². The van der Waals surface area contributed by atoms with Crippen LogP contribution in [0.15, 0.2) is 34.9 Å². The lowest BCUT2D eigenvalue weighted by atomic mass is 9.93. The Kier molecular flexibility index (Phi) is 10.6. The summed E-state index contributed by atoms with van der Waals surface area (Å²) in [5.74, 6) is -3.03. The molecule has 1 heterocycles. The molecule has 0 spiro atoms. The van der Waals surface area contributed by atoms with Crippen molar-refractivity contribution in [1.29, 1.82) is 0 Å². The predicted octanol–water partition coefficient (Wildman–Crippen LogP) is 5.82. The average molecular weight is 486 g/mol. The predicted molar refractivity (Wildman–Crippen MR) is 136 cm³/mol. The first-order chi connectivity index (χ1) is 16.5. The molecule has 2 rings (SSSR count). The van der Waals surface area contributed by atoms with Crippen LogP contribution in [-0.2, 0) is 25.5 Å². The van der Waals surface area contributed by atoms with E-state index in [-0.39, 0.29) is 12.2 Å². The number of nitrogens with one attached hydrogen (secondary N) is 1. The molecule has 35 heavy (non-hydrogen) atoms. The Bertz CT molecular complexity index is 964. The van der Waals surface area contributed by atoms with Gasteiger partial charge in [0.05, 0.1) is 12.9 Å². The fraction of sp³-hybridized carbons (Fsp3) is 0.536. The maximum Gasteiger partial charge on any atom is 0.328 e. The van der Waals surface area contributed by atoms with E-state index >= 15 is 0 Å². The lowest BCUT2D eigenvalue weighted by Gasteiger charge is -2.23. The molecule has 2 aromatic rings. The van der Waals surface area contributed by atoms with Crippen LogP contribution in [0.4, 0.5) is 5.69 Å². The van der Waals surface area contributed by atoms with Gasteiger partial charge in [-0.3, -0.25) is 14.4 Å². The van der Waals surface area contributed by atoms with Gasteiger partial charge in [0.15, 0.2) is 5.78 Å². The minimum Gasteiger partial charge on any atom is -0.469 e. The quantitative estimate of drug-likeness (QED) is 0.165. The number of benzene rings is 1. The molecular weight excluding hydrogens is 446 g/mol. The number of ether oxygens (including phenoxy) is 2. The Morgan fingerprint density at radius 2 is 1.66 bits per heavy atom. The Morgan fingerprint density at radius 3 is 2.23 bits per heavy atom. The molecule has 1 aromatic carbocycles. The molecule has 0 aliphatic rings. The summed E-state index contributed by atoms with van der Waals surface area (Å²) in [5, 5.41) is 3.46. The Hall–Kier alpha value is -3.09. The van der Waals surface area contributed by atoms with E-state index in [2.05, 4.69) is 5.32 Å². The number of carbonyl (C=O) groups excluding carboxylic acids is 3. The van der Waals surface area contributed by atoms with E-state index < -0.39 is 29.2 Å². The van der Waals surface area contributed by atoms with Crippen LogP contribution in [0.25, 0.3) is 0 Å². The molecule has 192 valence electrons. The van der Waals surface area contributed by atoms with Gasteiger partial charge in [-0.2, -0.15) is 0 Å². The van der Waals surface area contributed by atoms with E-state index in [9.17, 15) is 14.4 Å². The number of rotatable bonds is 13. The average Bonchev–Trinajstić information content (AvgIpc) is 3.27. The molecule has 0 saturated heterocycles. The van der Waals surface area contributed by atoms with Gasteiger partial charge in [0.1, 0.15) is 11.4 Å². The molecule has 7 nitrogen and oxygen atoms in total. The summed E-state index contributed by atoms with van der Waals surface area (Å²) >= 11 is 0. The zero-order chi connectivity index (χ0) is 26.0. The van der Waals surface area contributed by atoms with Crippen molar-refractivity contribution in [2.75, 3.05) is 18.5 Å². The Balaban J connectivity index is 1.99. The maximum absolute atomic E-state index is 13.2. The molecule has 1 aromatic heterocycles. The van der Waals surface area contributed by atoms with Crippen LogP contribution in [0.3, 0.4) is 0 Å². The molecule has 1 N–H and O–H groups in total. The zero-order valence-corrected chi connectivity index (χ0v) is 21.9. The molecule has 1 unspecified atom stereocenters. The first-order valence-corrected chi connectivity index (χ1v) is 12.3. The first-order valence-electron chi connectivity index (χ1n) is 12.3. The molecule has 1 atom stereocenters. The standard InChI is InChI=1S/C28H39NO6/c1-7-33-26(31)23(27(32)35-28(4,5)6)25(30)21-17-19(2)24(20(3)18-21)29-15-11-9-8-10-13-22-14-12-16-34-22/h12,14,16-18,23,29H,7-11,13,15H2,1-6H3. The summed E-state index contributed by atoms with van der Waals surface area (Å²) in [4.78, 5) is 38.4. The summed E-state index contributed by atoms with van der Waals surface area (Å²) < 4.78 is 15.7. The van der Waals surface area contributed by atoms with Gasteiger partial charge < -0.3 is 19.2 Å². The van der Waals surface area contributed by atoms with Gasteiger partial charge in [-0.05, 0) is 89.8 Å². The van der Waals surface area contributed by atoms with E-state index in [1.165, 1.54) is 0 Å². The summed E-state index contributed by atoms with van der Waals surface area (Å²) in [5.41, 5.74) is 2.16. The van der Waals surface area contributed by atoms with Crippen molar-refractivity contribution in [3.05, 3.63) is 53.0 Å². The van der Waals surface area contributed by atoms with Crippen molar-refractivity contribution < 1.29 is 28.3 Å². The normalized spacial score (nSPS) is 12.2. The third-order valence-corrected chi connectivity index (χ3v) is 5.48. The lowest BCUT2D eigenvalue weighted by Crippen LogP contribution is -2.38. The van der Waals surface area contributed by atoms with E-state index in [1.54, 1.807) is 46.1 Å². The second-order valence-corrected chi connectivity index (χ2v) is 9.74. The molecule has 0 bridgehead atoms. The smallest absolute Gasteiger partial charge is 0.328 e. The van der Waals surface area contributed by atoms with Crippen molar-refractivity contribution in [2.24, 2.45) is 5.92 Å². The number of aryl methyl sites for hydroxylation is 3. The number of anilines is 1. The van der Waals surface area contributed by atoms with Crippen LogP contribution >= 0.6 is 0 Å². The lowest BCUT2D eigenvalue weighted by molar-refractivity contribution is -0.166. The number of ketones is 1. The van der Waals surface area contributed by atoms with Crippen LogP contribution in [0.2, 0.25) is 0 Å². The van der Waals surface area contributed by atoms with E-state index in [1.807, 2.05) is 26.0 Å². The fourth-order valence-corrected chi connectivity index (χ4v) is 3.89. The van der Waals surface area contributed by atoms with Gasteiger partial charge >= 0.3 is 11.9 Å². The van der Waals surface area contributed by atoms with Crippen molar-refractivity contribution in [1.82, 2.24) is 0 Å². The van der Waals surface area contributed by atoms with Gasteiger partial charge in [-0.15, -0.1) is 0 Å². The van der Waals surface area contributed by atoms with E-state index in [4.69, 9.17) is 13.9 Å². The number of esters is 2. The van der Waals surface area contributed by atoms with Gasteiger partial charge in [-0.25, -0.2) is 0 Å². The Morgan fingerprint density at radius 1 is 1.00 bits per heavy atom. The van der Waals surface area contributed by atoms with Crippen LogP contribution < -0.4 is 5.32 Å². The van der Waals surface area contributed by atoms with Crippen LogP contribution in [0.1, 0.15) is 80.6 Å². The molecule has 0 aliphatic heterocycles. The monoisotopic (exact) mass is 485 g/mol. The number of carbonyl (C=O) groups is 3. The first kappa shape index (κ1) is 28.1. The van der Waals surface area contributed by atoms with Crippen molar-refractivity contribution >= 4 is 23.4 Å². The van der Waals surface area contributed by atoms with Crippen LogP contribution in [0.5, 0.6) is 0 Å². The van der Waals surface area contributed by atoms with E-state index in [0.29, 0.717) is 0 Å². The number of hydrogen-bond acceptors (Lipinski definition) is 7. The van der Waals surface area contributed by atoms with Crippen LogP contribution in [-0.4, -0.2) is 36.5 Å². The number of hydrogen-bond donors (Lipinski definition) is 1. The largest absolute Gasteiger partial charge is 0.469 e. The summed E-state index contributed by atoms with van der Waals surface area (Å²) in [6.07, 6.45) is 7.04. The third-order valence-electron chi connectivity index (χ3n) is 5.48. The minimum absolute atomic E-state index is 0.0647.